The molecule has 1 N–H and O–H groups in total. The van der Waals surface area contributed by atoms with Crippen molar-refractivity contribution in [2.24, 2.45) is 5.10 Å². The van der Waals surface area contributed by atoms with Crippen LogP contribution in [0.15, 0.2) is 47.6 Å². The van der Waals surface area contributed by atoms with Gasteiger partial charge in [-0.3, -0.25) is 9.80 Å². The molecule has 1 aliphatic rings. The van der Waals surface area contributed by atoms with Crippen molar-refractivity contribution < 1.29 is 19.0 Å². The second-order valence-electron chi connectivity index (χ2n) is 6.96. The van der Waals surface area contributed by atoms with Gasteiger partial charge in [-0.05, 0) is 74.2 Å². The Hall–Kier alpha value is -3.22. The van der Waals surface area contributed by atoms with Gasteiger partial charge in [-0.2, -0.15) is 5.10 Å². The van der Waals surface area contributed by atoms with Crippen molar-refractivity contribution in [1.29, 1.82) is 0 Å². The van der Waals surface area contributed by atoms with Gasteiger partial charge >= 0.3 is 0 Å². The molecule has 1 aliphatic heterocycles. The third-order valence-corrected chi connectivity index (χ3v) is 4.70. The van der Waals surface area contributed by atoms with Crippen LogP contribution in [0.3, 0.4) is 0 Å². The van der Waals surface area contributed by atoms with Crippen molar-refractivity contribution in [3.63, 3.8) is 0 Å². The summed E-state index contributed by atoms with van der Waals surface area (Å²) in [6, 6.07) is 12.8. The largest absolute Gasteiger partial charge is 0.494 e. The lowest BCUT2D eigenvalue weighted by molar-refractivity contribution is -0.118. The zero-order chi connectivity index (χ0) is 21.2. The molecule has 2 aromatic carbocycles. The molecule has 0 unspecified atom stereocenters. The van der Waals surface area contributed by atoms with E-state index in [0.717, 1.165) is 24.4 Å². The number of carbonyl (C=O) groups excluding carboxylic acids is 1. The van der Waals surface area contributed by atoms with Gasteiger partial charge in [0.15, 0.2) is 18.1 Å². The van der Waals surface area contributed by atoms with Crippen molar-refractivity contribution in [1.82, 2.24) is 5.01 Å². The molecule has 0 aromatic heterocycles. The fraction of sp³-hybridized carbons (Fsp3) is 0.391. The number of methoxy groups -OCH3 is 1. The first-order chi connectivity index (χ1) is 14.7. The van der Waals surface area contributed by atoms with Crippen LogP contribution in [0.2, 0.25) is 0 Å². The molecule has 160 valence electrons. The van der Waals surface area contributed by atoms with Gasteiger partial charge in [0.25, 0.3) is 5.91 Å². The zero-order valence-corrected chi connectivity index (χ0v) is 17.6. The van der Waals surface area contributed by atoms with Gasteiger partial charge in [0.2, 0.25) is 0 Å². The Morgan fingerprint density at radius 2 is 1.83 bits per heavy atom. The molecule has 0 aliphatic carbocycles. The van der Waals surface area contributed by atoms with Crippen molar-refractivity contribution >= 4 is 17.8 Å². The molecule has 1 heterocycles. The third kappa shape index (κ3) is 6.40. The first-order valence-electron chi connectivity index (χ1n) is 10.3. The van der Waals surface area contributed by atoms with Gasteiger partial charge in [-0.25, -0.2) is 0 Å². The van der Waals surface area contributed by atoms with E-state index in [1.807, 2.05) is 37.4 Å². The van der Waals surface area contributed by atoms with Crippen LogP contribution in [-0.2, 0) is 4.79 Å². The normalized spacial score (nSPS) is 13.9. The van der Waals surface area contributed by atoms with Crippen molar-refractivity contribution in [2.75, 3.05) is 38.7 Å². The minimum Gasteiger partial charge on any atom is -0.494 e. The van der Waals surface area contributed by atoms with Gasteiger partial charge in [-0.15, -0.1) is 0 Å². The van der Waals surface area contributed by atoms with E-state index in [1.54, 1.807) is 25.3 Å². The molecule has 1 amide bonds. The van der Waals surface area contributed by atoms with E-state index in [2.05, 4.69) is 15.4 Å². The molecule has 3 rings (SSSR count). The smallest absolute Gasteiger partial charge is 0.262 e. The van der Waals surface area contributed by atoms with Crippen LogP contribution in [-0.4, -0.2) is 50.5 Å². The highest BCUT2D eigenvalue weighted by molar-refractivity contribution is 5.92. The summed E-state index contributed by atoms with van der Waals surface area (Å²) in [6.45, 7) is 4.40. The molecule has 0 saturated carbocycles. The number of carbonyl (C=O) groups is 1. The molecule has 7 heteroatoms. The Morgan fingerprint density at radius 3 is 2.53 bits per heavy atom. The molecule has 7 nitrogen and oxygen atoms in total. The Labute approximate surface area is 177 Å². The maximum Gasteiger partial charge on any atom is 0.262 e. The number of nitrogens with zero attached hydrogens (tertiary/aromatic N) is 2. The quantitative estimate of drug-likeness (QED) is 0.633. The predicted octanol–water partition coefficient (Wildman–Crippen LogP) is 3.93. The number of piperidine rings is 1. The van der Waals surface area contributed by atoms with Crippen LogP contribution in [0.25, 0.3) is 0 Å². The van der Waals surface area contributed by atoms with Gasteiger partial charge in [0.05, 0.1) is 19.9 Å². The molecule has 30 heavy (non-hydrogen) atoms. The molecule has 0 radical (unpaired) electrons. The van der Waals surface area contributed by atoms with Crippen molar-refractivity contribution in [3.05, 3.63) is 48.0 Å². The molecule has 0 atom stereocenters. The number of hydrogen-bond donors (Lipinski definition) is 1. The van der Waals surface area contributed by atoms with E-state index in [0.29, 0.717) is 23.8 Å². The summed E-state index contributed by atoms with van der Waals surface area (Å²) in [5.41, 5.74) is 1.60. The summed E-state index contributed by atoms with van der Waals surface area (Å²) >= 11 is 0. The van der Waals surface area contributed by atoms with Crippen LogP contribution < -0.4 is 19.5 Å². The summed E-state index contributed by atoms with van der Waals surface area (Å²) in [7, 11) is 1.58. The Kier molecular flexibility index (Phi) is 7.94. The van der Waals surface area contributed by atoms with Gasteiger partial charge < -0.3 is 19.5 Å². The molecule has 2 aromatic rings. The fourth-order valence-corrected chi connectivity index (χ4v) is 3.17. The Bertz CT molecular complexity index is 846. The summed E-state index contributed by atoms with van der Waals surface area (Å²) in [5.74, 6) is 1.58. The van der Waals surface area contributed by atoms with Crippen molar-refractivity contribution in [2.45, 2.75) is 26.2 Å². The minimum absolute atomic E-state index is 0.120. The van der Waals surface area contributed by atoms with Gasteiger partial charge in [-0.1, -0.05) is 0 Å². The maximum atomic E-state index is 12.2. The molecule has 1 saturated heterocycles. The molecular weight excluding hydrogens is 382 g/mol. The highest BCUT2D eigenvalue weighted by Crippen LogP contribution is 2.27. The van der Waals surface area contributed by atoms with Gasteiger partial charge in [0, 0.05) is 18.8 Å². The molecular formula is C23H29N3O4. The lowest BCUT2D eigenvalue weighted by Gasteiger charge is -2.23. The SMILES string of the molecule is CCOc1ccc(NC(=O)COc2ccc(/C=N\N3CCCCC3)cc2OC)cc1. The Morgan fingerprint density at radius 1 is 1.07 bits per heavy atom. The van der Waals surface area contributed by atoms with E-state index in [1.165, 1.54) is 19.3 Å². The minimum atomic E-state index is -0.253. The number of nitrogens with one attached hydrogen (secondary N) is 1. The average molecular weight is 412 g/mol. The highest BCUT2D eigenvalue weighted by atomic mass is 16.5. The third-order valence-electron chi connectivity index (χ3n) is 4.70. The number of rotatable bonds is 9. The predicted molar refractivity (Wildman–Crippen MR) is 118 cm³/mol. The topological polar surface area (TPSA) is 72.4 Å². The molecule has 1 fully saturated rings. The maximum absolute atomic E-state index is 12.2. The highest BCUT2D eigenvalue weighted by Gasteiger charge is 2.10. The van der Waals surface area contributed by atoms with Crippen LogP contribution in [0, 0.1) is 0 Å². The zero-order valence-electron chi connectivity index (χ0n) is 17.6. The van der Waals surface area contributed by atoms with Crippen molar-refractivity contribution in [3.8, 4) is 17.2 Å². The monoisotopic (exact) mass is 411 g/mol. The first kappa shape index (κ1) is 21.5. The van der Waals surface area contributed by atoms with E-state index in [4.69, 9.17) is 14.2 Å². The van der Waals surface area contributed by atoms with Gasteiger partial charge in [0.1, 0.15) is 5.75 Å². The number of benzene rings is 2. The summed E-state index contributed by atoms with van der Waals surface area (Å²) in [5, 5.41) is 9.43. The summed E-state index contributed by atoms with van der Waals surface area (Å²) < 4.78 is 16.5. The first-order valence-corrected chi connectivity index (χ1v) is 10.3. The summed E-state index contributed by atoms with van der Waals surface area (Å²) in [4.78, 5) is 12.2. The van der Waals surface area contributed by atoms with E-state index in [9.17, 15) is 4.79 Å². The lowest BCUT2D eigenvalue weighted by atomic mass is 10.2. The van der Waals surface area contributed by atoms with E-state index in [-0.39, 0.29) is 12.5 Å². The summed E-state index contributed by atoms with van der Waals surface area (Å²) in [6.07, 6.45) is 5.48. The van der Waals surface area contributed by atoms with Crippen LogP contribution >= 0.6 is 0 Å². The van der Waals surface area contributed by atoms with Crippen LogP contribution in [0.4, 0.5) is 5.69 Å². The standard InChI is InChI=1S/C23H29N3O4/c1-3-29-20-10-8-19(9-11-20)25-23(27)17-30-21-12-7-18(15-22(21)28-2)16-24-26-13-5-4-6-14-26/h7-12,15-16H,3-6,13-14,17H2,1-2H3,(H,25,27)/b24-16-. The number of amides is 1. The number of hydrazone groups is 1. The lowest BCUT2D eigenvalue weighted by Crippen LogP contribution is -2.24. The van der Waals surface area contributed by atoms with E-state index < -0.39 is 0 Å². The average Bonchev–Trinajstić information content (AvgIpc) is 2.78. The van der Waals surface area contributed by atoms with E-state index >= 15 is 0 Å². The number of anilines is 1. The number of hydrogen-bond acceptors (Lipinski definition) is 6. The fourth-order valence-electron chi connectivity index (χ4n) is 3.17. The van der Waals surface area contributed by atoms with Crippen LogP contribution in [0.5, 0.6) is 17.2 Å². The second kappa shape index (κ2) is 11.1. The number of ether oxygens (including phenoxy) is 3. The molecule has 0 bridgehead atoms. The second-order valence-corrected chi connectivity index (χ2v) is 6.96. The van der Waals surface area contributed by atoms with Crippen LogP contribution in [0.1, 0.15) is 31.7 Å². The Balaban J connectivity index is 1.53. The molecule has 0 spiro atoms.